The third-order valence-electron chi connectivity index (χ3n) is 2.60. The van der Waals surface area contributed by atoms with Crippen molar-refractivity contribution in [1.29, 1.82) is 0 Å². The second-order valence-corrected chi connectivity index (χ2v) is 4.51. The molecule has 0 spiro atoms. The highest BCUT2D eigenvalue weighted by Crippen LogP contribution is 2.20. The quantitative estimate of drug-likeness (QED) is 0.745. The van der Waals surface area contributed by atoms with Crippen molar-refractivity contribution in [2.75, 3.05) is 0 Å². The third-order valence-corrected chi connectivity index (χ3v) is 2.83. The smallest absolute Gasteiger partial charge is 0.273 e. The standard InChI is InChI=1S/C14H10ClFN2O3/c15-9-3-6-12(19)11(7-9)14(21)18-17-13(20)8-1-4-10(16)5-2-8/h1-7,19H,(H,17,20)(H,18,21). The van der Waals surface area contributed by atoms with Gasteiger partial charge in [0, 0.05) is 10.6 Å². The predicted molar refractivity (Wildman–Crippen MR) is 74.4 cm³/mol. The topological polar surface area (TPSA) is 78.4 Å². The van der Waals surface area contributed by atoms with Gasteiger partial charge in [0.1, 0.15) is 11.6 Å². The fourth-order valence-electron chi connectivity index (χ4n) is 1.54. The first kappa shape index (κ1) is 14.8. The minimum absolute atomic E-state index is 0.0816. The lowest BCUT2D eigenvalue weighted by Crippen LogP contribution is -2.41. The van der Waals surface area contributed by atoms with Gasteiger partial charge in [-0.05, 0) is 42.5 Å². The summed E-state index contributed by atoms with van der Waals surface area (Å²) in [5.74, 6) is -2.09. The fourth-order valence-corrected chi connectivity index (χ4v) is 1.72. The lowest BCUT2D eigenvalue weighted by Gasteiger charge is -2.08. The van der Waals surface area contributed by atoms with Crippen LogP contribution in [0.5, 0.6) is 5.75 Å². The van der Waals surface area contributed by atoms with Crippen LogP contribution in [0.4, 0.5) is 4.39 Å². The van der Waals surface area contributed by atoms with Gasteiger partial charge in [-0.1, -0.05) is 11.6 Å². The molecule has 0 aliphatic carbocycles. The SMILES string of the molecule is O=C(NNC(=O)c1cc(Cl)ccc1O)c1ccc(F)cc1. The zero-order valence-electron chi connectivity index (χ0n) is 10.6. The van der Waals surface area contributed by atoms with Crippen molar-refractivity contribution >= 4 is 23.4 Å². The van der Waals surface area contributed by atoms with Gasteiger partial charge in [0.25, 0.3) is 11.8 Å². The van der Waals surface area contributed by atoms with Crippen LogP contribution in [-0.2, 0) is 0 Å². The molecule has 7 heteroatoms. The first-order valence-corrected chi connectivity index (χ1v) is 6.20. The van der Waals surface area contributed by atoms with E-state index in [4.69, 9.17) is 11.6 Å². The summed E-state index contributed by atoms with van der Waals surface area (Å²) < 4.78 is 12.7. The Labute approximate surface area is 124 Å². The monoisotopic (exact) mass is 308 g/mol. The van der Waals surface area contributed by atoms with Gasteiger partial charge < -0.3 is 5.11 Å². The minimum Gasteiger partial charge on any atom is -0.507 e. The van der Waals surface area contributed by atoms with E-state index in [1.807, 2.05) is 0 Å². The van der Waals surface area contributed by atoms with Crippen LogP contribution in [0, 0.1) is 5.82 Å². The third kappa shape index (κ3) is 3.70. The molecule has 2 rings (SSSR count). The number of nitrogens with one attached hydrogen (secondary N) is 2. The lowest BCUT2D eigenvalue weighted by atomic mass is 10.2. The predicted octanol–water partition coefficient (Wildman–Crippen LogP) is 2.26. The van der Waals surface area contributed by atoms with Crippen LogP contribution in [0.2, 0.25) is 5.02 Å². The molecule has 2 aromatic rings. The second kappa shape index (κ2) is 6.23. The highest BCUT2D eigenvalue weighted by atomic mass is 35.5. The van der Waals surface area contributed by atoms with E-state index in [9.17, 15) is 19.1 Å². The molecule has 5 nitrogen and oxygen atoms in total. The van der Waals surface area contributed by atoms with Crippen LogP contribution < -0.4 is 10.9 Å². The number of phenolic OH excluding ortho intramolecular Hbond substituents is 1. The maximum absolute atomic E-state index is 12.7. The summed E-state index contributed by atoms with van der Waals surface area (Å²) in [7, 11) is 0. The summed E-state index contributed by atoms with van der Waals surface area (Å²) in [6.45, 7) is 0. The molecule has 0 fully saturated rings. The van der Waals surface area contributed by atoms with Crippen molar-refractivity contribution in [2.24, 2.45) is 0 Å². The fraction of sp³-hybridized carbons (Fsp3) is 0. The summed E-state index contributed by atoms with van der Waals surface area (Å²) in [6, 6.07) is 8.74. The van der Waals surface area contributed by atoms with Crippen LogP contribution in [0.1, 0.15) is 20.7 Å². The highest BCUT2D eigenvalue weighted by molar-refractivity contribution is 6.31. The lowest BCUT2D eigenvalue weighted by molar-refractivity contribution is 0.0845. The first-order valence-electron chi connectivity index (χ1n) is 5.82. The Morgan fingerprint density at radius 2 is 1.62 bits per heavy atom. The molecule has 0 saturated heterocycles. The Kier molecular flexibility index (Phi) is 4.39. The molecule has 0 aromatic heterocycles. The van der Waals surface area contributed by atoms with E-state index in [0.29, 0.717) is 0 Å². The number of carbonyl (C=O) groups is 2. The normalized spacial score (nSPS) is 10.0. The largest absolute Gasteiger partial charge is 0.507 e. The van der Waals surface area contributed by atoms with E-state index in [2.05, 4.69) is 10.9 Å². The maximum Gasteiger partial charge on any atom is 0.273 e. The number of amides is 2. The Hall–Kier alpha value is -2.60. The number of hydrogen-bond acceptors (Lipinski definition) is 3. The van der Waals surface area contributed by atoms with Crippen LogP contribution in [0.25, 0.3) is 0 Å². The number of hydrazine groups is 1. The molecule has 0 radical (unpaired) electrons. The first-order chi connectivity index (χ1) is 9.97. The molecule has 3 N–H and O–H groups in total. The van der Waals surface area contributed by atoms with E-state index in [0.717, 1.165) is 12.1 Å². The molecule has 0 atom stereocenters. The molecule has 0 aliphatic heterocycles. The van der Waals surface area contributed by atoms with Gasteiger partial charge in [-0.2, -0.15) is 0 Å². The van der Waals surface area contributed by atoms with E-state index in [1.54, 1.807) is 0 Å². The average molecular weight is 309 g/mol. The number of aromatic hydroxyl groups is 1. The van der Waals surface area contributed by atoms with Crippen molar-refractivity contribution < 1.29 is 19.1 Å². The van der Waals surface area contributed by atoms with Gasteiger partial charge in [-0.15, -0.1) is 0 Å². The molecule has 0 saturated carbocycles. The molecular formula is C14H10ClFN2O3. The molecule has 0 unspecified atom stereocenters. The maximum atomic E-state index is 12.7. The molecule has 0 bridgehead atoms. The van der Waals surface area contributed by atoms with Crippen LogP contribution in [0.3, 0.4) is 0 Å². The molecule has 108 valence electrons. The summed E-state index contributed by atoms with van der Waals surface area (Å²) in [5, 5.41) is 9.81. The zero-order valence-corrected chi connectivity index (χ0v) is 11.3. The summed E-state index contributed by atoms with van der Waals surface area (Å²) in [4.78, 5) is 23.5. The number of halogens is 2. The van der Waals surface area contributed by atoms with Gasteiger partial charge >= 0.3 is 0 Å². The number of rotatable bonds is 2. The Morgan fingerprint density at radius 1 is 1.00 bits per heavy atom. The van der Waals surface area contributed by atoms with Gasteiger partial charge in [0.15, 0.2) is 0 Å². The van der Waals surface area contributed by atoms with Crippen molar-refractivity contribution in [2.45, 2.75) is 0 Å². The molecule has 21 heavy (non-hydrogen) atoms. The molecule has 0 heterocycles. The second-order valence-electron chi connectivity index (χ2n) is 4.08. The average Bonchev–Trinajstić information content (AvgIpc) is 2.47. The molecule has 0 aliphatic rings. The van der Waals surface area contributed by atoms with Gasteiger partial charge in [-0.3, -0.25) is 20.4 Å². The van der Waals surface area contributed by atoms with Crippen molar-refractivity contribution in [1.82, 2.24) is 10.9 Å². The number of benzene rings is 2. The zero-order chi connectivity index (χ0) is 15.4. The highest BCUT2D eigenvalue weighted by Gasteiger charge is 2.13. The van der Waals surface area contributed by atoms with Gasteiger partial charge in [0.05, 0.1) is 5.56 Å². The van der Waals surface area contributed by atoms with Gasteiger partial charge in [-0.25, -0.2) is 4.39 Å². The Balaban J connectivity index is 2.02. The number of carbonyl (C=O) groups excluding carboxylic acids is 2. The van der Waals surface area contributed by atoms with Gasteiger partial charge in [0.2, 0.25) is 0 Å². The van der Waals surface area contributed by atoms with Crippen molar-refractivity contribution in [3.63, 3.8) is 0 Å². The number of hydrogen-bond donors (Lipinski definition) is 3. The molecular weight excluding hydrogens is 299 g/mol. The van der Waals surface area contributed by atoms with E-state index < -0.39 is 17.6 Å². The minimum atomic E-state index is -0.731. The summed E-state index contributed by atoms with van der Waals surface area (Å²) in [6.07, 6.45) is 0. The van der Waals surface area contributed by atoms with Crippen molar-refractivity contribution in [3.8, 4) is 5.75 Å². The van der Waals surface area contributed by atoms with E-state index >= 15 is 0 Å². The Morgan fingerprint density at radius 3 is 2.29 bits per heavy atom. The van der Waals surface area contributed by atoms with Crippen molar-refractivity contribution in [3.05, 3.63) is 64.4 Å². The Bertz CT molecular complexity index is 689. The van der Waals surface area contributed by atoms with E-state index in [1.165, 1.54) is 30.3 Å². The van der Waals surface area contributed by atoms with Crippen LogP contribution >= 0.6 is 11.6 Å². The molecule has 2 amide bonds. The van der Waals surface area contributed by atoms with E-state index in [-0.39, 0.29) is 21.9 Å². The summed E-state index contributed by atoms with van der Waals surface area (Å²) in [5.41, 5.74) is 4.37. The van der Waals surface area contributed by atoms with Crippen LogP contribution in [0.15, 0.2) is 42.5 Å². The molecule has 2 aromatic carbocycles. The number of phenols is 1. The summed E-state index contributed by atoms with van der Waals surface area (Å²) >= 11 is 5.72. The van der Waals surface area contributed by atoms with Crippen LogP contribution in [-0.4, -0.2) is 16.9 Å².